The van der Waals surface area contributed by atoms with E-state index < -0.39 is 0 Å². The molecule has 0 aromatic rings. The molecule has 0 aliphatic heterocycles. The second-order valence-corrected chi connectivity index (χ2v) is 6.89. The highest BCUT2D eigenvalue weighted by atomic mass is 14.3. The molecule has 2 rings (SSSR count). The van der Waals surface area contributed by atoms with Crippen molar-refractivity contribution in [2.24, 2.45) is 11.8 Å². The Morgan fingerprint density at radius 2 is 0.750 bits per heavy atom. The molecular formula is C20H34. The normalized spacial score (nSPS) is 32.4. The minimum atomic E-state index is 1.03. The lowest BCUT2D eigenvalue weighted by Crippen LogP contribution is -2.16. The van der Waals surface area contributed by atoms with Gasteiger partial charge >= 0.3 is 0 Å². The van der Waals surface area contributed by atoms with Crippen LogP contribution in [0.25, 0.3) is 0 Å². The molecule has 0 heterocycles. The molecule has 2 atom stereocenters. The van der Waals surface area contributed by atoms with Gasteiger partial charge in [0.2, 0.25) is 0 Å². The molecule has 2 unspecified atom stereocenters. The van der Waals surface area contributed by atoms with Crippen molar-refractivity contribution >= 4 is 0 Å². The molecule has 0 nitrogen and oxygen atoms in total. The Morgan fingerprint density at radius 1 is 0.400 bits per heavy atom. The molecule has 2 aliphatic carbocycles. The Bertz CT molecular complexity index is 256. The first kappa shape index (κ1) is 15.9. The molecule has 0 saturated carbocycles. The van der Waals surface area contributed by atoms with Gasteiger partial charge in [-0.2, -0.15) is 0 Å². The maximum atomic E-state index is 2.43. The minimum Gasteiger partial charge on any atom is -0.0885 e. The monoisotopic (exact) mass is 274 g/mol. The zero-order valence-electron chi connectivity index (χ0n) is 13.4. The van der Waals surface area contributed by atoms with Gasteiger partial charge in [0.25, 0.3) is 0 Å². The van der Waals surface area contributed by atoms with Crippen LogP contribution in [0.1, 0.15) is 89.9 Å². The number of hydrogen-bond donors (Lipinski definition) is 0. The first-order valence-corrected chi connectivity index (χ1v) is 9.27. The van der Waals surface area contributed by atoms with Crippen LogP contribution >= 0.6 is 0 Å². The summed E-state index contributed by atoms with van der Waals surface area (Å²) in [4.78, 5) is 0. The summed E-state index contributed by atoms with van der Waals surface area (Å²) < 4.78 is 0. The van der Waals surface area contributed by atoms with Crippen LogP contribution in [0.5, 0.6) is 0 Å². The standard InChI is InChI=1S/C20H34/c1-3-7-11-15-19(16-12-8-4-1)20-17-13-9-5-2-6-10-14-18-20/h1-3,5,19-20H,4,6-18H2/b3-1-,5-2?. The maximum absolute atomic E-state index is 2.43. The minimum absolute atomic E-state index is 1.03. The van der Waals surface area contributed by atoms with E-state index in [0.717, 1.165) is 11.8 Å². The van der Waals surface area contributed by atoms with Gasteiger partial charge in [0.05, 0.1) is 0 Å². The maximum Gasteiger partial charge on any atom is -0.0351 e. The van der Waals surface area contributed by atoms with Gasteiger partial charge in [-0.25, -0.2) is 0 Å². The van der Waals surface area contributed by atoms with Crippen LogP contribution in [0, 0.1) is 11.8 Å². The third-order valence-electron chi connectivity index (χ3n) is 5.28. The summed E-state index contributed by atoms with van der Waals surface area (Å²) in [7, 11) is 0. The topological polar surface area (TPSA) is 0 Å². The highest BCUT2D eigenvalue weighted by molar-refractivity contribution is 4.85. The fourth-order valence-electron chi connectivity index (χ4n) is 4.04. The molecule has 0 spiro atoms. The summed E-state index contributed by atoms with van der Waals surface area (Å²) in [5.74, 6) is 2.06. The summed E-state index contributed by atoms with van der Waals surface area (Å²) >= 11 is 0. The van der Waals surface area contributed by atoms with Crippen LogP contribution in [-0.4, -0.2) is 0 Å². The van der Waals surface area contributed by atoms with Crippen LogP contribution in [0.4, 0.5) is 0 Å². The van der Waals surface area contributed by atoms with Crippen LogP contribution < -0.4 is 0 Å². The van der Waals surface area contributed by atoms with Crippen molar-refractivity contribution < 1.29 is 0 Å². The van der Waals surface area contributed by atoms with E-state index >= 15 is 0 Å². The third kappa shape index (κ3) is 6.29. The molecule has 0 N–H and O–H groups in total. The number of hydrogen-bond acceptors (Lipinski definition) is 0. The SMILES string of the molecule is C1=CCCCC(C2CCC/C=C\CCCC2)CCCC1. The lowest BCUT2D eigenvalue weighted by Gasteiger charge is -2.28. The zero-order valence-corrected chi connectivity index (χ0v) is 13.4. The molecular weight excluding hydrogens is 240 g/mol. The smallest absolute Gasteiger partial charge is 0.0351 e. The number of rotatable bonds is 1. The van der Waals surface area contributed by atoms with Crippen molar-refractivity contribution in [3.8, 4) is 0 Å². The zero-order chi connectivity index (χ0) is 13.9. The predicted octanol–water partition coefficient (Wildman–Crippen LogP) is 6.82. The summed E-state index contributed by atoms with van der Waals surface area (Å²) in [5, 5.41) is 0. The van der Waals surface area contributed by atoms with Gasteiger partial charge in [-0.05, 0) is 76.0 Å². The molecule has 0 saturated heterocycles. The van der Waals surface area contributed by atoms with Gasteiger partial charge in [0, 0.05) is 0 Å². The van der Waals surface area contributed by atoms with Crippen LogP contribution in [0.15, 0.2) is 24.3 Å². The van der Waals surface area contributed by atoms with Crippen molar-refractivity contribution in [1.82, 2.24) is 0 Å². The van der Waals surface area contributed by atoms with E-state index in [4.69, 9.17) is 0 Å². The van der Waals surface area contributed by atoms with Crippen LogP contribution in [0.3, 0.4) is 0 Å². The molecule has 114 valence electrons. The summed E-state index contributed by atoms with van der Waals surface area (Å²) in [6.07, 6.45) is 29.6. The average molecular weight is 274 g/mol. The lowest BCUT2D eigenvalue weighted by atomic mass is 9.78. The van der Waals surface area contributed by atoms with Gasteiger partial charge in [-0.3, -0.25) is 0 Å². The average Bonchev–Trinajstić information content (AvgIpc) is 2.50. The van der Waals surface area contributed by atoms with Gasteiger partial charge in [-0.15, -0.1) is 0 Å². The van der Waals surface area contributed by atoms with Crippen molar-refractivity contribution in [3.63, 3.8) is 0 Å². The van der Waals surface area contributed by atoms with Crippen molar-refractivity contribution in [2.75, 3.05) is 0 Å². The van der Waals surface area contributed by atoms with Gasteiger partial charge in [-0.1, -0.05) is 50.0 Å². The van der Waals surface area contributed by atoms with Gasteiger partial charge in [0.1, 0.15) is 0 Å². The molecule has 0 fully saturated rings. The van der Waals surface area contributed by atoms with E-state index in [1.807, 2.05) is 0 Å². The van der Waals surface area contributed by atoms with E-state index in [1.54, 1.807) is 0 Å². The number of allylic oxidation sites excluding steroid dienone is 4. The fraction of sp³-hybridized carbons (Fsp3) is 0.800. The molecule has 0 bridgehead atoms. The largest absolute Gasteiger partial charge is 0.0885 e. The van der Waals surface area contributed by atoms with Crippen molar-refractivity contribution in [1.29, 1.82) is 0 Å². The van der Waals surface area contributed by atoms with Crippen molar-refractivity contribution in [3.05, 3.63) is 24.3 Å². The fourth-order valence-corrected chi connectivity index (χ4v) is 4.04. The first-order valence-electron chi connectivity index (χ1n) is 9.27. The molecule has 0 heteroatoms. The molecule has 2 aliphatic rings. The Labute approximate surface area is 126 Å². The van der Waals surface area contributed by atoms with Crippen molar-refractivity contribution in [2.45, 2.75) is 89.9 Å². The van der Waals surface area contributed by atoms with E-state index in [2.05, 4.69) is 24.3 Å². The third-order valence-corrected chi connectivity index (χ3v) is 5.28. The first-order chi connectivity index (χ1) is 9.97. The van der Waals surface area contributed by atoms with E-state index in [0.29, 0.717) is 0 Å². The Kier molecular flexibility index (Phi) is 8.12. The highest BCUT2D eigenvalue weighted by Gasteiger charge is 2.20. The lowest BCUT2D eigenvalue weighted by molar-refractivity contribution is 0.242. The quantitative estimate of drug-likeness (QED) is 0.460. The summed E-state index contributed by atoms with van der Waals surface area (Å²) in [6, 6.07) is 0. The summed E-state index contributed by atoms with van der Waals surface area (Å²) in [5.41, 5.74) is 0. The molecule has 0 aromatic carbocycles. The molecule has 0 radical (unpaired) electrons. The highest BCUT2D eigenvalue weighted by Crippen LogP contribution is 2.33. The van der Waals surface area contributed by atoms with E-state index in [1.165, 1.54) is 89.9 Å². The second-order valence-electron chi connectivity index (χ2n) is 6.89. The van der Waals surface area contributed by atoms with Crippen LogP contribution in [0.2, 0.25) is 0 Å². The summed E-state index contributed by atoms with van der Waals surface area (Å²) in [6.45, 7) is 0. The van der Waals surface area contributed by atoms with Gasteiger partial charge in [0.15, 0.2) is 0 Å². The van der Waals surface area contributed by atoms with Gasteiger partial charge < -0.3 is 0 Å². The molecule has 0 amide bonds. The Morgan fingerprint density at radius 3 is 1.20 bits per heavy atom. The van der Waals surface area contributed by atoms with Crippen LogP contribution in [-0.2, 0) is 0 Å². The Hall–Kier alpha value is -0.520. The van der Waals surface area contributed by atoms with E-state index in [9.17, 15) is 0 Å². The molecule has 20 heavy (non-hydrogen) atoms. The Balaban J connectivity index is 1.86. The second kappa shape index (κ2) is 10.2. The predicted molar refractivity (Wildman–Crippen MR) is 89.9 cm³/mol. The van der Waals surface area contributed by atoms with E-state index in [-0.39, 0.29) is 0 Å². The molecule has 0 aromatic heterocycles.